The predicted molar refractivity (Wildman–Crippen MR) is 64.4 cm³/mol. The first-order valence-corrected chi connectivity index (χ1v) is 5.26. The highest BCUT2D eigenvalue weighted by atomic mass is 16.5. The lowest BCUT2D eigenvalue weighted by molar-refractivity contribution is 0.114. The zero-order valence-electron chi connectivity index (χ0n) is 10.3. The Morgan fingerprint density at radius 1 is 1.25 bits per heavy atom. The molecule has 0 N–H and O–H groups in total. The van der Waals surface area contributed by atoms with Gasteiger partial charge < -0.3 is 9.64 Å². The summed E-state index contributed by atoms with van der Waals surface area (Å²) in [6.07, 6.45) is 0. The largest absolute Gasteiger partial charge is 0.492 e. The summed E-state index contributed by atoms with van der Waals surface area (Å²) in [5.74, 6) is 0.800. The zero-order valence-corrected chi connectivity index (χ0v) is 10.3. The third-order valence-corrected chi connectivity index (χ3v) is 2.79. The van der Waals surface area contributed by atoms with Gasteiger partial charge >= 0.3 is 0 Å². The van der Waals surface area contributed by atoms with Crippen LogP contribution >= 0.6 is 0 Å². The Balaban J connectivity index is 2.59. The smallest absolute Gasteiger partial charge is 0.119 e. The molecule has 0 saturated heterocycles. The van der Waals surface area contributed by atoms with E-state index in [4.69, 9.17) is 10.00 Å². The van der Waals surface area contributed by atoms with Gasteiger partial charge in [-0.15, -0.1) is 0 Å². The molecule has 0 aliphatic heterocycles. The van der Waals surface area contributed by atoms with E-state index < -0.39 is 0 Å². The van der Waals surface area contributed by atoms with Crippen LogP contribution in [0, 0.1) is 11.3 Å². The summed E-state index contributed by atoms with van der Waals surface area (Å²) in [6, 6.07) is 9.25. The van der Waals surface area contributed by atoms with Crippen molar-refractivity contribution < 1.29 is 4.74 Å². The quantitative estimate of drug-likeness (QED) is 0.778. The highest BCUT2D eigenvalue weighted by Crippen LogP contribution is 2.16. The van der Waals surface area contributed by atoms with E-state index in [2.05, 4.69) is 24.8 Å². The molecule has 1 aromatic carbocycles. The molecular weight excluding hydrogens is 200 g/mol. The summed E-state index contributed by atoms with van der Waals surface area (Å²) in [5.41, 5.74) is 0.646. The van der Waals surface area contributed by atoms with E-state index in [1.165, 1.54) is 0 Å². The number of nitriles is 1. The summed E-state index contributed by atoms with van der Waals surface area (Å²) in [4.78, 5) is 2.12. The third kappa shape index (κ3) is 3.25. The van der Waals surface area contributed by atoms with Crippen molar-refractivity contribution in [2.75, 3.05) is 20.7 Å². The van der Waals surface area contributed by atoms with Crippen LogP contribution < -0.4 is 4.74 Å². The fourth-order valence-corrected chi connectivity index (χ4v) is 1.01. The SMILES string of the molecule is CN(C)C(C)(C)COc1ccc(C#N)cc1. The second-order valence-electron chi connectivity index (χ2n) is 4.63. The molecule has 0 atom stereocenters. The van der Waals surface area contributed by atoms with Crippen LogP contribution in [0.2, 0.25) is 0 Å². The first-order chi connectivity index (χ1) is 7.45. The van der Waals surface area contributed by atoms with Crippen LogP contribution in [0.25, 0.3) is 0 Å². The molecule has 1 aromatic rings. The van der Waals surface area contributed by atoms with Crippen molar-refractivity contribution in [2.45, 2.75) is 19.4 Å². The molecule has 0 saturated carbocycles. The monoisotopic (exact) mass is 218 g/mol. The number of hydrogen-bond donors (Lipinski definition) is 0. The lowest BCUT2D eigenvalue weighted by Gasteiger charge is -2.32. The van der Waals surface area contributed by atoms with Gasteiger partial charge in [-0.25, -0.2) is 0 Å². The van der Waals surface area contributed by atoms with Gasteiger partial charge in [-0.05, 0) is 52.2 Å². The highest BCUT2D eigenvalue weighted by molar-refractivity contribution is 5.34. The summed E-state index contributed by atoms with van der Waals surface area (Å²) in [6.45, 7) is 4.86. The van der Waals surface area contributed by atoms with Gasteiger partial charge in [-0.3, -0.25) is 0 Å². The van der Waals surface area contributed by atoms with Crippen LogP contribution in [0.1, 0.15) is 19.4 Å². The highest BCUT2D eigenvalue weighted by Gasteiger charge is 2.21. The maximum absolute atomic E-state index is 8.66. The second kappa shape index (κ2) is 5.00. The van der Waals surface area contributed by atoms with Crippen molar-refractivity contribution in [2.24, 2.45) is 0 Å². The minimum absolute atomic E-state index is 0.00605. The number of likely N-dealkylation sites (N-methyl/N-ethyl adjacent to an activating group) is 1. The second-order valence-corrected chi connectivity index (χ2v) is 4.63. The number of nitrogens with zero attached hydrogens (tertiary/aromatic N) is 2. The fourth-order valence-electron chi connectivity index (χ4n) is 1.01. The third-order valence-electron chi connectivity index (χ3n) is 2.79. The minimum Gasteiger partial charge on any atom is -0.492 e. The Morgan fingerprint density at radius 3 is 2.25 bits per heavy atom. The van der Waals surface area contributed by atoms with Crippen molar-refractivity contribution in [1.29, 1.82) is 5.26 Å². The minimum atomic E-state index is -0.00605. The topological polar surface area (TPSA) is 36.3 Å². The molecule has 3 nitrogen and oxygen atoms in total. The van der Waals surface area contributed by atoms with Gasteiger partial charge in [-0.1, -0.05) is 0 Å². The Morgan fingerprint density at radius 2 is 1.81 bits per heavy atom. The van der Waals surface area contributed by atoms with Crippen LogP contribution in [-0.4, -0.2) is 31.1 Å². The maximum atomic E-state index is 8.66. The van der Waals surface area contributed by atoms with Crippen molar-refractivity contribution in [3.8, 4) is 11.8 Å². The van der Waals surface area contributed by atoms with E-state index in [0.717, 1.165) is 5.75 Å². The Labute approximate surface area is 97.3 Å². The standard InChI is InChI=1S/C13H18N2O/c1-13(2,15(3)4)10-16-12-7-5-11(9-14)6-8-12/h5-8H,10H2,1-4H3. The van der Waals surface area contributed by atoms with Crippen molar-refractivity contribution in [1.82, 2.24) is 4.90 Å². The van der Waals surface area contributed by atoms with Crippen molar-refractivity contribution >= 4 is 0 Å². The lowest BCUT2D eigenvalue weighted by Crippen LogP contribution is -2.43. The molecule has 0 fully saturated rings. The summed E-state index contributed by atoms with van der Waals surface area (Å²) >= 11 is 0. The fraction of sp³-hybridized carbons (Fsp3) is 0.462. The van der Waals surface area contributed by atoms with Crippen LogP contribution in [0.5, 0.6) is 5.75 Å². The zero-order chi connectivity index (χ0) is 12.2. The van der Waals surface area contributed by atoms with Gasteiger partial charge in [0.05, 0.1) is 11.6 Å². The molecule has 1 rings (SSSR count). The van der Waals surface area contributed by atoms with Crippen LogP contribution in [0.15, 0.2) is 24.3 Å². The molecule has 0 spiro atoms. The molecule has 3 heteroatoms. The average molecular weight is 218 g/mol. The molecule has 16 heavy (non-hydrogen) atoms. The number of rotatable bonds is 4. The Bertz CT molecular complexity index is 374. The molecule has 0 radical (unpaired) electrons. The van der Waals surface area contributed by atoms with Crippen molar-refractivity contribution in [3.63, 3.8) is 0 Å². The molecule has 0 aliphatic carbocycles. The van der Waals surface area contributed by atoms with Gasteiger partial charge in [0.25, 0.3) is 0 Å². The summed E-state index contributed by atoms with van der Waals surface area (Å²) < 4.78 is 5.68. The first kappa shape index (κ1) is 12.5. The lowest BCUT2D eigenvalue weighted by atomic mass is 10.1. The van der Waals surface area contributed by atoms with Gasteiger partial charge in [0.2, 0.25) is 0 Å². The van der Waals surface area contributed by atoms with E-state index >= 15 is 0 Å². The van der Waals surface area contributed by atoms with E-state index in [9.17, 15) is 0 Å². The molecule has 86 valence electrons. The van der Waals surface area contributed by atoms with Gasteiger partial charge in [-0.2, -0.15) is 5.26 Å². The molecule has 0 amide bonds. The van der Waals surface area contributed by atoms with E-state index in [1.807, 2.05) is 26.2 Å². The normalized spacial score (nSPS) is 11.2. The van der Waals surface area contributed by atoms with Gasteiger partial charge in [0.1, 0.15) is 12.4 Å². The van der Waals surface area contributed by atoms with Gasteiger partial charge in [0.15, 0.2) is 0 Å². The Kier molecular flexibility index (Phi) is 3.92. The summed E-state index contributed by atoms with van der Waals surface area (Å²) in [5, 5.41) is 8.66. The van der Waals surface area contributed by atoms with Crippen molar-refractivity contribution in [3.05, 3.63) is 29.8 Å². The van der Waals surface area contributed by atoms with Crippen LogP contribution in [0.4, 0.5) is 0 Å². The molecular formula is C13H18N2O. The number of benzene rings is 1. The maximum Gasteiger partial charge on any atom is 0.119 e. The van der Waals surface area contributed by atoms with E-state index in [0.29, 0.717) is 12.2 Å². The molecule has 0 aromatic heterocycles. The van der Waals surface area contributed by atoms with Crippen LogP contribution in [-0.2, 0) is 0 Å². The number of ether oxygens (including phenoxy) is 1. The Hall–Kier alpha value is -1.53. The average Bonchev–Trinajstić information content (AvgIpc) is 2.27. The van der Waals surface area contributed by atoms with E-state index in [-0.39, 0.29) is 5.54 Å². The number of hydrogen-bond acceptors (Lipinski definition) is 3. The molecule has 0 unspecified atom stereocenters. The molecule has 0 bridgehead atoms. The van der Waals surface area contributed by atoms with Crippen LogP contribution in [0.3, 0.4) is 0 Å². The van der Waals surface area contributed by atoms with Gasteiger partial charge in [0, 0.05) is 5.54 Å². The summed E-state index contributed by atoms with van der Waals surface area (Å²) in [7, 11) is 4.06. The first-order valence-electron chi connectivity index (χ1n) is 5.26. The molecule has 0 aliphatic rings. The molecule has 0 heterocycles. The van der Waals surface area contributed by atoms with E-state index in [1.54, 1.807) is 12.1 Å². The predicted octanol–water partition coefficient (Wildman–Crippen LogP) is 2.28.